The number of likely N-dealkylation sites (N-methyl/N-ethyl adjacent to an activating group) is 1. The van der Waals surface area contributed by atoms with Crippen molar-refractivity contribution in [2.75, 3.05) is 51.8 Å². The number of piperazine rings is 1. The number of ether oxygens (including phenoxy) is 2. The van der Waals surface area contributed by atoms with Crippen molar-refractivity contribution in [3.05, 3.63) is 70.9 Å². The summed E-state index contributed by atoms with van der Waals surface area (Å²) >= 11 is 0. The van der Waals surface area contributed by atoms with E-state index in [4.69, 9.17) is 14.5 Å². The Hall–Kier alpha value is -3.79. The van der Waals surface area contributed by atoms with Crippen LogP contribution in [0.4, 0.5) is 14.7 Å². The van der Waals surface area contributed by atoms with E-state index >= 15 is 0 Å². The van der Waals surface area contributed by atoms with Crippen molar-refractivity contribution in [1.29, 1.82) is 0 Å². The average molecular weight is 496 g/mol. The van der Waals surface area contributed by atoms with E-state index in [9.17, 15) is 13.6 Å². The number of nitrogens with zero attached hydrogens (tertiary/aromatic N) is 5. The number of hydrogen-bond donors (Lipinski definition) is 0. The van der Waals surface area contributed by atoms with E-state index in [1.807, 2.05) is 0 Å². The maximum absolute atomic E-state index is 13.9. The van der Waals surface area contributed by atoms with Gasteiger partial charge in [-0.2, -0.15) is 4.98 Å². The van der Waals surface area contributed by atoms with Crippen LogP contribution in [0.1, 0.15) is 21.6 Å². The van der Waals surface area contributed by atoms with Crippen LogP contribution >= 0.6 is 0 Å². The van der Waals surface area contributed by atoms with Crippen LogP contribution < -0.4 is 14.4 Å². The Labute approximate surface area is 208 Å². The average Bonchev–Trinajstić information content (AvgIpc) is 2.90. The number of aromatic nitrogens is 2. The minimum atomic E-state index is -1.01. The molecule has 2 aliphatic heterocycles. The molecule has 0 bridgehead atoms. The third-order valence-electron chi connectivity index (χ3n) is 6.53. The lowest BCUT2D eigenvalue weighted by Crippen LogP contribution is -2.45. The fourth-order valence-electron chi connectivity index (χ4n) is 4.35. The van der Waals surface area contributed by atoms with Gasteiger partial charge in [0.05, 0.1) is 24.9 Å². The zero-order chi connectivity index (χ0) is 25.2. The van der Waals surface area contributed by atoms with Gasteiger partial charge in [-0.25, -0.2) is 13.8 Å². The molecule has 8 nitrogen and oxygen atoms in total. The topological polar surface area (TPSA) is 71.0 Å². The van der Waals surface area contributed by atoms with E-state index in [1.54, 1.807) is 36.3 Å². The molecule has 1 amide bonds. The highest BCUT2D eigenvalue weighted by Crippen LogP contribution is 2.32. The number of rotatable bonds is 5. The van der Waals surface area contributed by atoms with Gasteiger partial charge in [0.2, 0.25) is 11.8 Å². The van der Waals surface area contributed by atoms with Gasteiger partial charge in [-0.15, -0.1) is 0 Å². The first-order valence-corrected chi connectivity index (χ1v) is 11.8. The number of amides is 1. The Kier molecular flexibility index (Phi) is 6.69. The summed E-state index contributed by atoms with van der Waals surface area (Å²) in [6.45, 7) is 4.02. The third-order valence-corrected chi connectivity index (χ3v) is 6.53. The summed E-state index contributed by atoms with van der Waals surface area (Å²) in [6, 6.07) is 10.3. The molecule has 0 radical (unpaired) electrons. The highest BCUT2D eigenvalue weighted by Gasteiger charge is 2.29. The van der Waals surface area contributed by atoms with E-state index in [2.05, 4.69) is 21.8 Å². The lowest BCUT2D eigenvalue weighted by molar-refractivity contribution is 0.0732. The molecule has 36 heavy (non-hydrogen) atoms. The molecule has 10 heteroatoms. The molecule has 1 aromatic heterocycles. The summed E-state index contributed by atoms with van der Waals surface area (Å²) in [6.07, 6.45) is 0.522. The predicted molar refractivity (Wildman–Crippen MR) is 130 cm³/mol. The van der Waals surface area contributed by atoms with Crippen molar-refractivity contribution in [1.82, 2.24) is 19.8 Å². The van der Waals surface area contributed by atoms with Crippen LogP contribution in [0.5, 0.6) is 17.4 Å². The predicted octanol–water partition coefficient (Wildman–Crippen LogP) is 3.51. The molecular formula is C26H27F2N5O3. The van der Waals surface area contributed by atoms with Crippen LogP contribution in [0.15, 0.2) is 42.5 Å². The van der Waals surface area contributed by atoms with Crippen LogP contribution in [0.3, 0.4) is 0 Å². The lowest BCUT2D eigenvalue weighted by Gasteiger charge is -2.34. The number of carbonyl (C=O) groups is 1. The highest BCUT2D eigenvalue weighted by molar-refractivity contribution is 5.94. The highest BCUT2D eigenvalue weighted by atomic mass is 19.2. The fourth-order valence-corrected chi connectivity index (χ4v) is 4.35. The van der Waals surface area contributed by atoms with Crippen molar-refractivity contribution in [2.24, 2.45) is 0 Å². The van der Waals surface area contributed by atoms with Gasteiger partial charge in [0.15, 0.2) is 11.6 Å². The van der Waals surface area contributed by atoms with E-state index in [0.717, 1.165) is 44.0 Å². The molecule has 5 rings (SSSR count). The Bertz CT molecular complexity index is 1260. The summed E-state index contributed by atoms with van der Waals surface area (Å²) < 4.78 is 38.5. The Balaban J connectivity index is 1.46. The molecule has 2 aliphatic rings. The molecule has 0 saturated carbocycles. The van der Waals surface area contributed by atoms with Crippen molar-refractivity contribution in [2.45, 2.75) is 13.0 Å². The quantitative estimate of drug-likeness (QED) is 0.537. The smallest absolute Gasteiger partial charge is 0.254 e. The number of fused-ring (bicyclic) bond motifs is 1. The zero-order valence-corrected chi connectivity index (χ0v) is 20.2. The van der Waals surface area contributed by atoms with E-state index < -0.39 is 11.6 Å². The monoisotopic (exact) mass is 495 g/mol. The molecule has 0 unspecified atom stereocenters. The largest absolute Gasteiger partial charge is 0.497 e. The second-order valence-corrected chi connectivity index (χ2v) is 8.93. The molecule has 0 spiro atoms. The van der Waals surface area contributed by atoms with Gasteiger partial charge < -0.3 is 24.2 Å². The number of halogens is 2. The summed E-state index contributed by atoms with van der Waals surface area (Å²) in [5.41, 5.74) is 1.98. The number of anilines is 1. The van der Waals surface area contributed by atoms with Crippen molar-refractivity contribution >= 4 is 11.9 Å². The zero-order valence-electron chi connectivity index (χ0n) is 20.2. The van der Waals surface area contributed by atoms with E-state index in [-0.39, 0.29) is 24.1 Å². The van der Waals surface area contributed by atoms with Crippen molar-refractivity contribution < 1.29 is 23.0 Å². The minimum absolute atomic E-state index is 0.123. The van der Waals surface area contributed by atoms with Crippen LogP contribution in [-0.4, -0.2) is 72.6 Å². The summed E-state index contributed by atoms with van der Waals surface area (Å²) in [5.74, 6) is -0.528. The van der Waals surface area contributed by atoms with Crippen molar-refractivity contribution in [3.63, 3.8) is 0 Å². The molecule has 188 valence electrons. The second kappa shape index (κ2) is 10.1. The molecule has 0 atom stereocenters. The van der Waals surface area contributed by atoms with Gasteiger partial charge in [0.1, 0.15) is 11.5 Å². The number of carbonyl (C=O) groups excluding carboxylic acids is 1. The molecule has 1 fully saturated rings. The molecule has 0 N–H and O–H groups in total. The number of benzene rings is 2. The van der Waals surface area contributed by atoms with Gasteiger partial charge in [-0.3, -0.25) is 4.79 Å². The van der Waals surface area contributed by atoms with Crippen molar-refractivity contribution in [3.8, 4) is 17.4 Å². The van der Waals surface area contributed by atoms with Gasteiger partial charge >= 0.3 is 0 Å². The van der Waals surface area contributed by atoms with Gasteiger partial charge in [-0.05, 0) is 43.4 Å². The Morgan fingerprint density at radius 2 is 1.64 bits per heavy atom. The molecule has 0 aliphatic carbocycles. The first kappa shape index (κ1) is 23.9. The molecular weight excluding hydrogens is 468 g/mol. The standard InChI is InChI=1S/C26H27F2N5O3/c1-31-11-13-32(14-12-31)26-29-23-9-10-33(25(34)17-3-5-18(35-2)6-4-17)16-20(23)24(30-26)36-19-7-8-21(27)22(28)15-19/h3-8,15H,9-14,16H2,1-2H3. The van der Waals surface area contributed by atoms with Crippen LogP contribution in [0.25, 0.3) is 0 Å². The summed E-state index contributed by atoms with van der Waals surface area (Å²) in [7, 11) is 3.64. The Morgan fingerprint density at radius 1 is 0.917 bits per heavy atom. The number of methoxy groups -OCH3 is 1. The molecule has 3 aromatic rings. The lowest BCUT2D eigenvalue weighted by atomic mass is 10.0. The van der Waals surface area contributed by atoms with E-state index in [0.29, 0.717) is 35.8 Å². The fraction of sp³-hybridized carbons (Fsp3) is 0.346. The molecule has 3 heterocycles. The van der Waals surface area contributed by atoms with Crippen LogP contribution in [-0.2, 0) is 13.0 Å². The minimum Gasteiger partial charge on any atom is -0.497 e. The van der Waals surface area contributed by atoms with Gasteiger partial charge in [-0.1, -0.05) is 0 Å². The SMILES string of the molecule is COc1ccc(C(=O)N2CCc3nc(N4CCN(C)CC4)nc(Oc4ccc(F)c(F)c4)c3C2)cc1. The van der Waals surface area contributed by atoms with Gasteiger partial charge in [0.25, 0.3) is 5.91 Å². The first-order chi connectivity index (χ1) is 17.4. The van der Waals surface area contributed by atoms with E-state index in [1.165, 1.54) is 6.07 Å². The second-order valence-electron chi connectivity index (χ2n) is 8.93. The summed E-state index contributed by atoms with van der Waals surface area (Å²) in [5, 5.41) is 0. The van der Waals surface area contributed by atoms with Gasteiger partial charge in [0, 0.05) is 50.8 Å². The maximum Gasteiger partial charge on any atom is 0.254 e. The van der Waals surface area contributed by atoms with Crippen LogP contribution in [0.2, 0.25) is 0 Å². The van der Waals surface area contributed by atoms with Crippen LogP contribution in [0, 0.1) is 11.6 Å². The Morgan fingerprint density at radius 3 is 2.33 bits per heavy atom. The normalized spacial score (nSPS) is 16.0. The maximum atomic E-state index is 13.9. The first-order valence-electron chi connectivity index (χ1n) is 11.8. The molecule has 1 saturated heterocycles. The number of hydrogen-bond acceptors (Lipinski definition) is 7. The third kappa shape index (κ3) is 4.94. The molecule has 2 aromatic carbocycles. The summed E-state index contributed by atoms with van der Waals surface area (Å²) in [4.78, 5) is 28.7.